The van der Waals surface area contributed by atoms with Crippen molar-refractivity contribution in [1.29, 1.82) is 0 Å². The molecule has 9 nitrogen and oxygen atoms in total. The first-order valence-corrected chi connectivity index (χ1v) is 14.0. The van der Waals surface area contributed by atoms with Gasteiger partial charge in [0, 0.05) is 11.3 Å². The Kier molecular flexibility index (Phi) is 6.61. The van der Waals surface area contributed by atoms with Crippen LogP contribution in [0.1, 0.15) is 34.3 Å². The highest BCUT2D eigenvalue weighted by Crippen LogP contribution is 2.45. The van der Waals surface area contributed by atoms with Crippen LogP contribution in [-0.2, 0) is 15.3 Å². The Morgan fingerprint density at radius 3 is 2.54 bits per heavy atom. The number of carbonyl (C=O) groups is 2. The smallest absolute Gasteiger partial charge is 0.302 e. The maximum atomic E-state index is 13.4. The molecule has 39 heavy (non-hydrogen) atoms. The van der Waals surface area contributed by atoms with E-state index in [9.17, 15) is 14.7 Å². The number of aliphatic hydroxyl groups is 1. The number of Topliss-reactive ketones (excluding diaryl/α,β-unsaturated/α-hetero) is 1. The van der Waals surface area contributed by atoms with E-state index in [0.717, 1.165) is 5.56 Å². The summed E-state index contributed by atoms with van der Waals surface area (Å²) in [4.78, 5) is 28.0. The minimum atomic E-state index is -1.02. The first-order chi connectivity index (χ1) is 18.9. The van der Waals surface area contributed by atoms with Crippen LogP contribution in [-0.4, -0.2) is 40.2 Å². The molecule has 2 aromatic carbocycles. The van der Waals surface area contributed by atoms with Gasteiger partial charge in [-0.1, -0.05) is 52.9 Å². The Morgan fingerprint density at radius 2 is 1.79 bits per heavy atom. The molecule has 1 fully saturated rings. The minimum absolute atomic E-state index is 0.102. The molecule has 1 amide bonds. The molecule has 2 aliphatic heterocycles. The number of aryl methyl sites for hydroxylation is 2. The molecule has 6 rings (SSSR count). The number of thioether (sulfide) groups is 1. The molecule has 0 radical (unpaired) electrons. The van der Waals surface area contributed by atoms with Crippen molar-refractivity contribution in [2.75, 3.05) is 18.1 Å². The molecular weight excluding hydrogens is 538 g/mol. The number of aliphatic hydroxyl groups excluding tert-OH is 1. The molecular formula is C28H23N3O6S2. The van der Waals surface area contributed by atoms with Gasteiger partial charge in [-0.25, -0.2) is 0 Å². The zero-order valence-electron chi connectivity index (χ0n) is 21.0. The highest BCUT2D eigenvalue weighted by atomic mass is 32.2. The quantitative estimate of drug-likeness (QED) is 0.108. The lowest BCUT2D eigenvalue weighted by molar-refractivity contribution is -0.132. The van der Waals surface area contributed by atoms with Gasteiger partial charge in [-0.3, -0.25) is 14.5 Å². The van der Waals surface area contributed by atoms with Gasteiger partial charge in [0.1, 0.15) is 36.5 Å². The molecule has 0 bridgehead atoms. The summed E-state index contributed by atoms with van der Waals surface area (Å²) in [5.41, 5.74) is 2.53. The summed E-state index contributed by atoms with van der Waals surface area (Å²) >= 11 is 2.69. The van der Waals surface area contributed by atoms with Crippen molar-refractivity contribution in [3.05, 3.63) is 88.4 Å². The molecule has 4 aromatic rings. The van der Waals surface area contributed by atoms with Crippen LogP contribution in [0.25, 0.3) is 5.76 Å². The number of aromatic nitrogens is 2. The van der Waals surface area contributed by atoms with Gasteiger partial charge in [-0.05, 0) is 49.7 Å². The maximum Gasteiger partial charge on any atom is 0.302 e. The fourth-order valence-electron chi connectivity index (χ4n) is 4.43. The zero-order chi connectivity index (χ0) is 27.1. The number of hydrogen-bond acceptors (Lipinski definition) is 10. The van der Waals surface area contributed by atoms with E-state index in [0.29, 0.717) is 51.9 Å². The normalized spacial score (nSPS) is 18.1. The molecule has 11 heteroatoms. The van der Waals surface area contributed by atoms with Crippen molar-refractivity contribution in [3.63, 3.8) is 0 Å². The number of fused-ring (bicyclic) bond motifs is 1. The van der Waals surface area contributed by atoms with Crippen LogP contribution < -0.4 is 14.4 Å². The number of anilines is 1. The summed E-state index contributed by atoms with van der Waals surface area (Å²) < 4.78 is 17.7. The van der Waals surface area contributed by atoms with Gasteiger partial charge >= 0.3 is 5.91 Å². The van der Waals surface area contributed by atoms with Gasteiger partial charge in [0.05, 0.1) is 5.57 Å². The average molecular weight is 562 g/mol. The predicted octanol–water partition coefficient (Wildman–Crippen LogP) is 5.44. The van der Waals surface area contributed by atoms with Gasteiger partial charge in [-0.2, -0.15) is 0 Å². The third-order valence-electron chi connectivity index (χ3n) is 6.38. The summed E-state index contributed by atoms with van der Waals surface area (Å²) in [7, 11) is 0. The number of carbonyl (C=O) groups excluding carboxylic acids is 2. The summed E-state index contributed by atoms with van der Waals surface area (Å²) in [5, 5.41) is 20.1. The summed E-state index contributed by atoms with van der Waals surface area (Å²) in [5.74, 6) is 0.593. The van der Waals surface area contributed by atoms with E-state index in [4.69, 9.17) is 13.9 Å². The molecule has 0 aliphatic carbocycles. The summed E-state index contributed by atoms with van der Waals surface area (Å²) in [6, 6.07) is 15.5. The molecule has 1 atom stereocenters. The zero-order valence-corrected chi connectivity index (χ0v) is 22.7. The van der Waals surface area contributed by atoms with Crippen molar-refractivity contribution >= 4 is 45.7 Å². The van der Waals surface area contributed by atoms with E-state index in [2.05, 4.69) is 22.3 Å². The van der Waals surface area contributed by atoms with E-state index < -0.39 is 17.7 Å². The predicted molar refractivity (Wildman–Crippen MR) is 146 cm³/mol. The molecule has 0 spiro atoms. The van der Waals surface area contributed by atoms with Crippen LogP contribution in [0.2, 0.25) is 0 Å². The molecule has 2 aromatic heterocycles. The third kappa shape index (κ3) is 4.79. The number of ketones is 1. The second-order valence-electron chi connectivity index (χ2n) is 9.10. The van der Waals surface area contributed by atoms with Crippen molar-refractivity contribution in [2.45, 2.75) is 30.0 Å². The van der Waals surface area contributed by atoms with Crippen molar-refractivity contribution < 1.29 is 28.6 Å². The monoisotopic (exact) mass is 561 g/mol. The lowest BCUT2D eigenvalue weighted by atomic mass is 9.99. The highest BCUT2D eigenvalue weighted by molar-refractivity contribution is 8.00. The van der Waals surface area contributed by atoms with Gasteiger partial charge < -0.3 is 19.0 Å². The van der Waals surface area contributed by atoms with Crippen LogP contribution in [0.4, 0.5) is 5.13 Å². The van der Waals surface area contributed by atoms with Gasteiger partial charge in [0.25, 0.3) is 5.78 Å². The summed E-state index contributed by atoms with van der Waals surface area (Å²) in [6.07, 6.45) is 0. The number of rotatable bonds is 6. The van der Waals surface area contributed by atoms with Crippen molar-refractivity contribution in [3.8, 4) is 11.5 Å². The topological polar surface area (TPSA) is 115 Å². The Morgan fingerprint density at radius 1 is 1.03 bits per heavy atom. The van der Waals surface area contributed by atoms with Crippen molar-refractivity contribution in [2.24, 2.45) is 0 Å². The molecule has 198 valence electrons. The molecule has 2 aliphatic rings. The molecule has 1 N–H and O–H groups in total. The number of furan rings is 1. The largest absolute Gasteiger partial charge is 0.507 e. The number of hydrogen-bond donors (Lipinski definition) is 1. The number of ether oxygens (including phenoxy) is 2. The van der Waals surface area contributed by atoms with Crippen LogP contribution in [0.15, 0.2) is 68.9 Å². The minimum Gasteiger partial charge on any atom is -0.507 e. The third-order valence-corrected chi connectivity index (χ3v) is 8.50. The van der Waals surface area contributed by atoms with Crippen LogP contribution in [0, 0.1) is 13.8 Å². The standard InChI is InChI=1S/C28H23N3O6S2/c1-15-3-6-17(7-4-15)14-38-28-30-29-27(39-28)31-23(20-9-5-16(2)37-20)22(25(33)26(31)34)24(32)18-8-10-19-21(13-18)36-12-11-35-19/h3-10,13,23,32H,11-12,14H2,1-2H3. The maximum absolute atomic E-state index is 13.4. The van der Waals surface area contributed by atoms with Crippen molar-refractivity contribution in [1.82, 2.24) is 10.2 Å². The fourth-order valence-corrected chi connectivity index (χ4v) is 6.26. The summed E-state index contributed by atoms with van der Waals surface area (Å²) in [6.45, 7) is 4.60. The van der Waals surface area contributed by atoms with Gasteiger partial charge in [-0.15, -0.1) is 10.2 Å². The Hall–Kier alpha value is -4.09. The highest BCUT2D eigenvalue weighted by Gasteiger charge is 2.50. The first kappa shape index (κ1) is 25.2. The lowest BCUT2D eigenvalue weighted by Gasteiger charge is -2.21. The van der Waals surface area contributed by atoms with E-state index in [1.54, 1.807) is 37.3 Å². The lowest BCUT2D eigenvalue weighted by Crippen LogP contribution is -2.29. The second-order valence-corrected chi connectivity index (χ2v) is 11.3. The molecule has 4 heterocycles. The van der Waals surface area contributed by atoms with Gasteiger partial charge in [0.2, 0.25) is 5.13 Å². The fraction of sp³-hybridized carbons (Fsp3) is 0.214. The average Bonchev–Trinajstić information content (AvgIpc) is 3.66. The first-order valence-electron chi connectivity index (χ1n) is 12.2. The second kappa shape index (κ2) is 10.2. The molecule has 1 unspecified atom stereocenters. The van der Waals surface area contributed by atoms with Crippen LogP contribution >= 0.6 is 23.1 Å². The Bertz CT molecular complexity index is 1610. The Labute approximate surface area is 232 Å². The number of amides is 1. The van der Waals surface area contributed by atoms with E-state index in [1.807, 2.05) is 19.1 Å². The van der Waals surface area contributed by atoms with Crippen LogP contribution in [0.5, 0.6) is 11.5 Å². The van der Waals surface area contributed by atoms with E-state index >= 15 is 0 Å². The molecule has 0 saturated carbocycles. The Balaban J connectivity index is 1.36. The number of nitrogens with zero attached hydrogens (tertiary/aromatic N) is 3. The molecule has 1 saturated heterocycles. The van der Waals surface area contributed by atoms with E-state index in [-0.39, 0.29) is 16.5 Å². The SMILES string of the molecule is Cc1ccc(CSc2nnc(N3C(=O)C(=O)C(=C(O)c4ccc5c(c4)OCCO5)C3c3ccc(C)o3)s2)cc1. The van der Waals surface area contributed by atoms with Gasteiger partial charge in [0.15, 0.2) is 15.8 Å². The van der Waals surface area contributed by atoms with E-state index in [1.165, 1.54) is 33.6 Å². The number of benzene rings is 2. The van der Waals surface area contributed by atoms with Crippen LogP contribution in [0.3, 0.4) is 0 Å².